The van der Waals surface area contributed by atoms with Crippen LogP contribution >= 0.6 is 15.9 Å². The van der Waals surface area contributed by atoms with Gasteiger partial charge < -0.3 is 10.2 Å². The average Bonchev–Trinajstić information content (AvgIpc) is 2.97. The summed E-state index contributed by atoms with van der Waals surface area (Å²) in [7, 11) is 0. The molecule has 1 N–H and O–H groups in total. The quantitative estimate of drug-likeness (QED) is 0.836. The summed E-state index contributed by atoms with van der Waals surface area (Å²) in [5, 5.41) is 3.01. The average molecular weight is 402 g/mol. The summed E-state index contributed by atoms with van der Waals surface area (Å²) in [6.45, 7) is 2.84. The molecule has 3 rings (SSSR count). The normalized spacial score (nSPS) is 18.2. The van der Waals surface area contributed by atoms with Crippen molar-refractivity contribution in [3.63, 3.8) is 0 Å². The number of halogens is 1. The molecule has 1 fully saturated rings. The first kappa shape index (κ1) is 17.6. The van der Waals surface area contributed by atoms with E-state index in [-0.39, 0.29) is 30.2 Å². The van der Waals surface area contributed by atoms with Crippen LogP contribution in [0.4, 0.5) is 0 Å². The van der Waals surface area contributed by atoms with Crippen LogP contribution in [0.3, 0.4) is 0 Å². The molecule has 1 aromatic carbocycles. The van der Waals surface area contributed by atoms with Crippen molar-refractivity contribution in [2.45, 2.75) is 25.9 Å². The summed E-state index contributed by atoms with van der Waals surface area (Å²) < 4.78 is 1.00. The van der Waals surface area contributed by atoms with Crippen LogP contribution in [0.5, 0.6) is 0 Å². The monoisotopic (exact) mass is 401 g/mol. The van der Waals surface area contributed by atoms with E-state index in [0.29, 0.717) is 13.1 Å². The molecule has 0 unspecified atom stereocenters. The topological polar surface area (TPSA) is 62.3 Å². The number of carbonyl (C=O) groups is 2. The zero-order chi connectivity index (χ0) is 17.8. The van der Waals surface area contributed by atoms with Crippen molar-refractivity contribution in [3.8, 4) is 0 Å². The van der Waals surface area contributed by atoms with E-state index in [0.717, 1.165) is 15.7 Å². The molecule has 2 heterocycles. The molecule has 1 saturated heterocycles. The van der Waals surface area contributed by atoms with Crippen molar-refractivity contribution >= 4 is 27.7 Å². The van der Waals surface area contributed by atoms with Crippen molar-refractivity contribution in [2.75, 3.05) is 6.54 Å². The van der Waals surface area contributed by atoms with Gasteiger partial charge in [0.15, 0.2) is 0 Å². The maximum atomic E-state index is 12.5. The number of nitrogens with zero attached hydrogens (tertiary/aromatic N) is 2. The van der Waals surface area contributed by atoms with Crippen molar-refractivity contribution in [2.24, 2.45) is 5.92 Å². The SMILES string of the molecule is C[C@@H](NC(=O)[C@H]1CC(=O)N(Cc2ccccn2)C1)c1ccc(Br)cc1. The molecule has 5 nitrogen and oxygen atoms in total. The van der Waals surface area contributed by atoms with Gasteiger partial charge in [-0.15, -0.1) is 0 Å². The first-order chi connectivity index (χ1) is 12.0. The highest BCUT2D eigenvalue weighted by Crippen LogP contribution is 2.22. The van der Waals surface area contributed by atoms with E-state index in [2.05, 4.69) is 26.2 Å². The molecule has 0 bridgehead atoms. The molecular formula is C19H20BrN3O2. The molecular weight excluding hydrogens is 382 g/mol. The number of nitrogens with one attached hydrogen (secondary N) is 1. The van der Waals surface area contributed by atoms with Crippen molar-refractivity contribution < 1.29 is 9.59 Å². The third-order valence-electron chi connectivity index (χ3n) is 4.39. The first-order valence-corrected chi connectivity index (χ1v) is 9.06. The van der Waals surface area contributed by atoms with Crippen LogP contribution < -0.4 is 5.32 Å². The third-order valence-corrected chi connectivity index (χ3v) is 4.92. The highest BCUT2D eigenvalue weighted by atomic mass is 79.9. The van der Waals surface area contributed by atoms with Gasteiger partial charge in [-0.1, -0.05) is 34.1 Å². The summed E-state index contributed by atoms with van der Waals surface area (Å²) in [5.74, 6) is -0.386. The Labute approximate surface area is 155 Å². The van der Waals surface area contributed by atoms with Gasteiger partial charge >= 0.3 is 0 Å². The lowest BCUT2D eigenvalue weighted by atomic mass is 10.1. The Balaban J connectivity index is 1.58. The molecule has 2 atom stereocenters. The number of hydrogen-bond donors (Lipinski definition) is 1. The Kier molecular flexibility index (Phi) is 5.48. The number of pyridine rings is 1. The zero-order valence-electron chi connectivity index (χ0n) is 14.0. The second-order valence-electron chi connectivity index (χ2n) is 6.28. The molecule has 25 heavy (non-hydrogen) atoms. The summed E-state index contributed by atoms with van der Waals surface area (Å²) >= 11 is 3.40. The molecule has 1 aliphatic heterocycles. The minimum absolute atomic E-state index is 0.00194. The maximum absolute atomic E-state index is 12.5. The smallest absolute Gasteiger partial charge is 0.225 e. The number of rotatable bonds is 5. The molecule has 1 aliphatic rings. The van der Waals surface area contributed by atoms with Gasteiger partial charge in [0.1, 0.15) is 0 Å². The largest absolute Gasteiger partial charge is 0.349 e. The van der Waals surface area contributed by atoms with Gasteiger partial charge in [0.2, 0.25) is 11.8 Å². The summed E-state index contributed by atoms with van der Waals surface area (Å²) in [5.41, 5.74) is 1.87. The van der Waals surface area contributed by atoms with Crippen LogP contribution in [-0.4, -0.2) is 28.2 Å². The van der Waals surface area contributed by atoms with Gasteiger partial charge in [0.25, 0.3) is 0 Å². The van der Waals surface area contributed by atoms with Crippen LogP contribution in [0.15, 0.2) is 53.1 Å². The van der Waals surface area contributed by atoms with E-state index in [1.54, 1.807) is 11.1 Å². The highest BCUT2D eigenvalue weighted by Gasteiger charge is 2.34. The first-order valence-electron chi connectivity index (χ1n) is 8.26. The molecule has 2 aromatic rings. The van der Waals surface area contributed by atoms with Gasteiger partial charge in [0, 0.05) is 23.6 Å². The van der Waals surface area contributed by atoms with Gasteiger partial charge in [-0.2, -0.15) is 0 Å². The lowest BCUT2D eigenvalue weighted by Crippen LogP contribution is -2.34. The van der Waals surface area contributed by atoms with Crippen LogP contribution in [0.2, 0.25) is 0 Å². The Bertz CT molecular complexity index is 749. The van der Waals surface area contributed by atoms with E-state index < -0.39 is 0 Å². The highest BCUT2D eigenvalue weighted by molar-refractivity contribution is 9.10. The fraction of sp³-hybridized carbons (Fsp3) is 0.316. The number of benzene rings is 1. The Morgan fingerprint density at radius 3 is 2.76 bits per heavy atom. The Hall–Kier alpha value is -2.21. The third kappa shape index (κ3) is 4.45. The molecule has 2 amide bonds. The number of hydrogen-bond acceptors (Lipinski definition) is 3. The zero-order valence-corrected chi connectivity index (χ0v) is 15.6. The number of amides is 2. The number of aromatic nitrogens is 1. The molecule has 0 saturated carbocycles. The van der Waals surface area contributed by atoms with Gasteiger partial charge in [-0.05, 0) is 36.8 Å². The molecule has 130 valence electrons. The van der Waals surface area contributed by atoms with Crippen LogP contribution in [-0.2, 0) is 16.1 Å². The second-order valence-corrected chi connectivity index (χ2v) is 7.19. The van der Waals surface area contributed by atoms with Crippen molar-refractivity contribution in [1.29, 1.82) is 0 Å². The van der Waals surface area contributed by atoms with E-state index >= 15 is 0 Å². The van der Waals surface area contributed by atoms with E-state index in [9.17, 15) is 9.59 Å². The number of carbonyl (C=O) groups excluding carboxylic acids is 2. The summed E-state index contributed by atoms with van der Waals surface area (Å²) in [6.07, 6.45) is 1.96. The predicted octanol–water partition coefficient (Wildman–Crippen LogP) is 3.07. The standard InChI is InChI=1S/C19H20BrN3O2/c1-13(14-5-7-16(20)8-6-14)22-19(25)15-10-18(24)23(11-15)12-17-4-2-3-9-21-17/h2-9,13,15H,10-12H2,1H3,(H,22,25)/t13-,15+/m1/s1. The maximum Gasteiger partial charge on any atom is 0.225 e. The lowest BCUT2D eigenvalue weighted by Gasteiger charge is -2.18. The predicted molar refractivity (Wildman–Crippen MR) is 98.5 cm³/mol. The lowest BCUT2D eigenvalue weighted by molar-refractivity contribution is -0.129. The van der Waals surface area contributed by atoms with E-state index in [1.165, 1.54) is 0 Å². The van der Waals surface area contributed by atoms with Gasteiger partial charge in [-0.3, -0.25) is 14.6 Å². The Morgan fingerprint density at radius 1 is 1.32 bits per heavy atom. The molecule has 0 radical (unpaired) electrons. The fourth-order valence-electron chi connectivity index (χ4n) is 2.95. The minimum Gasteiger partial charge on any atom is -0.349 e. The van der Waals surface area contributed by atoms with Crippen molar-refractivity contribution in [1.82, 2.24) is 15.2 Å². The molecule has 1 aromatic heterocycles. The molecule has 0 spiro atoms. The molecule has 0 aliphatic carbocycles. The summed E-state index contributed by atoms with van der Waals surface area (Å²) in [4.78, 5) is 30.7. The molecule has 6 heteroatoms. The second kappa shape index (κ2) is 7.78. The van der Waals surface area contributed by atoms with Crippen LogP contribution in [0, 0.1) is 5.92 Å². The minimum atomic E-state index is -0.311. The van der Waals surface area contributed by atoms with E-state index in [1.807, 2.05) is 49.4 Å². The van der Waals surface area contributed by atoms with Gasteiger partial charge in [-0.25, -0.2) is 0 Å². The van der Waals surface area contributed by atoms with Crippen LogP contribution in [0.25, 0.3) is 0 Å². The summed E-state index contributed by atoms with van der Waals surface area (Å²) in [6, 6.07) is 13.4. The fourth-order valence-corrected chi connectivity index (χ4v) is 3.22. The van der Waals surface area contributed by atoms with Gasteiger partial charge in [0.05, 0.1) is 24.2 Å². The van der Waals surface area contributed by atoms with Crippen molar-refractivity contribution in [3.05, 3.63) is 64.4 Å². The van der Waals surface area contributed by atoms with E-state index in [4.69, 9.17) is 0 Å². The Morgan fingerprint density at radius 2 is 2.08 bits per heavy atom. The van der Waals surface area contributed by atoms with Crippen LogP contribution in [0.1, 0.15) is 30.6 Å². The number of likely N-dealkylation sites (tertiary alicyclic amines) is 1.